The van der Waals surface area contributed by atoms with Crippen LogP contribution in [0.15, 0.2) is 18.2 Å². The zero-order valence-electron chi connectivity index (χ0n) is 11.8. The first kappa shape index (κ1) is 15.2. The van der Waals surface area contributed by atoms with Gasteiger partial charge in [0.15, 0.2) is 6.10 Å². The molecule has 0 spiro atoms. The Labute approximate surface area is 121 Å². The predicted octanol–water partition coefficient (Wildman–Crippen LogP) is 2.51. The second-order valence-corrected chi connectivity index (χ2v) is 5.02. The number of halogens is 1. The lowest BCUT2D eigenvalue weighted by molar-refractivity contribution is -0.387. The van der Waals surface area contributed by atoms with Crippen molar-refractivity contribution in [2.24, 2.45) is 0 Å². The number of carbonyl (C=O) groups is 1. The third-order valence-corrected chi connectivity index (χ3v) is 3.44. The number of piperidine rings is 1. The third-order valence-electron chi connectivity index (χ3n) is 3.44. The lowest BCUT2D eigenvalue weighted by Crippen LogP contribution is -2.43. The smallest absolute Gasteiger partial charge is 0.305 e. The van der Waals surface area contributed by atoms with Crippen molar-refractivity contribution in [2.75, 3.05) is 13.1 Å². The number of ether oxygens (including phenoxy) is 1. The Balaban J connectivity index is 2.01. The van der Waals surface area contributed by atoms with Crippen LogP contribution in [0.5, 0.6) is 5.75 Å². The topological polar surface area (TPSA) is 72.7 Å². The average Bonchev–Trinajstić information content (AvgIpc) is 2.47. The number of likely N-dealkylation sites (tertiary alicyclic amines) is 1. The standard InChI is InChI=1S/C14H17FN2O4/c1-10(14(18)16-7-3-2-4-8-16)21-11-5-6-13(17(19)20)12(15)9-11/h5-6,9-10H,2-4,7-8H2,1H3. The predicted molar refractivity (Wildman–Crippen MR) is 73.6 cm³/mol. The van der Waals surface area contributed by atoms with Gasteiger partial charge in [0.2, 0.25) is 5.82 Å². The van der Waals surface area contributed by atoms with Crippen LogP contribution in [0.2, 0.25) is 0 Å². The minimum Gasteiger partial charge on any atom is -0.481 e. The molecule has 2 rings (SSSR count). The van der Waals surface area contributed by atoms with Gasteiger partial charge in [0.1, 0.15) is 5.75 Å². The van der Waals surface area contributed by atoms with Gasteiger partial charge in [-0.05, 0) is 32.3 Å². The van der Waals surface area contributed by atoms with E-state index in [1.165, 1.54) is 6.07 Å². The summed E-state index contributed by atoms with van der Waals surface area (Å²) in [4.78, 5) is 23.6. The van der Waals surface area contributed by atoms with E-state index in [1.54, 1.807) is 11.8 Å². The first-order chi connectivity index (χ1) is 9.99. The average molecular weight is 296 g/mol. The van der Waals surface area contributed by atoms with Crippen LogP contribution in [0, 0.1) is 15.9 Å². The normalized spacial score (nSPS) is 16.4. The molecule has 21 heavy (non-hydrogen) atoms. The van der Waals surface area contributed by atoms with Gasteiger partial charge >= 0.3 is 5.69 Å². The zero-order chi connectivity index (χ0) is 15.4. The van der Waals surface area contributed by atoms with Crippen LogP contribution in [0.1, 0.15) is 26.2 Å². The molecule has 0 radical (unpaired) electrons. The maximum absolute atomic E-state index is 13.5. The fraction of sp³-hybridized carbons (Fsp3) is 0.500. The van der Waals surface area contributed by atoms with Gasteiger partial charge in [-0.2, -0.15) is 4.39 Å². The number of amides is 1. The molecular formula is C14H17FN2O4. The Morgan fingerprint density at radius 2 is 2.05 bits per heavy atom. The van der Waals surface area contributed by atoms with Crippen molar-refractivity contribution in [2.45, 2.75) is 32.3 Å². The maximum Gasteiger partial charge on any atom is 0.305 e. The van der Waals surface area contributed by atoms with E-state index < -0.39 is 22.5 Å². The van der Waals surface area contributed by atoms with Crippen molar-refractivity contribution in [1.29, 1.82) is 0 Å². The number of benzene rings is 1. The van der Waals surface area contributed by atoms with E-state index in [4.69, 9.17) is 4.74 Å². The van der Waals surface area contributed by atoms with E-state index >= 15 is 0 Å². The maximum atomic E-state index is 13.5. The van der Waals surface area contributed by atoms with E-state index in [0.717, 1.165) is 31.4 Å². The van der Waals surface area contributed by atoms with Gasteiger partial charge in [-0.3, -0.25) is 14.9 Å². The SMILES string of the molecule is CC(Oc1ccc([N+](=O)[O-])c(F)c1)C(=O)N1CCCCC1. The Morgan fingerprint density at radius 1 is 1.38 bits per heavy atom. The largest absolute Gasteiger partial charge is 0.481 e. The molecule has 0 saturated carbocycles. The summed E-state index contributed by atoms with van der Waals surface area (Å²) in [6.45, 7) is 3.01. The van der Waals surface area contributed by atoms with E-state index in [9.17, 15) is 19.3 Å². The summed E-state index contributed by atoms with van der Waals surface area (Å²) < 4.78 is 18.9. The van der Waals surface area contributed by atoms with Crippen LogP contribution in [0.3, 0.4) is 0 Å². The van der Waals surface area contributed by atoms with Gasteiger partial charge in [-0.1, -0.05) is 0 Å². The van der Waals surface area contributed by atoms with Crippen molar-refractivity contribution in [1.82, 2.24) is 4.90 Å². The number of nitrogens with zero attached hydrogens (tertiary/aromatic N) is 2. The van der Waals surface area contributed by atoms with Crippen LogP contribution in [-0.4, -0.2) is 34.9 Å². The lowest BCUT2D eigenvalue weighted by Gasteiger charge is -2.29. The van der Waals surface area contributed by atoms with E-state index in [2.05, 4.69) is 0 Å². The first-order valence-electron chi connectivity index (χ1n) is 6.88. The Morgan fingerprint density at radius 3 is 2.62 bits per heavy atom. The van der Waals surface area contributed by atoms with Gasteiger partial charge in [-0.15, -0.1) is 0 Å². The van der Waals surface area contributed by atoms with Gasteiger partial charge in [0.05, 0.1) is 4.92 Å². The second-order valence-electron chi connectivity index (χ2n) is 5.02. The van der Waals surface area contributed by atoms with Crippen molar-refractivity contribution in [3.63, 3.8) is 0 Å². The summed E-state index contributed by atoms with van der Waals surface area (Å²) in [6.07, 6.45) is 2.32. The highest BCUT2D eigenvalue weighted by molar-refractivity contribution is 5.81. The molecule has 1 atom stereocenters. The van der Waals surface area contributed by atoms with Crippen LogP contribution in [0.4, 0.5) is 10.1 Å². The number of hydrogen-bond donors (Lipinski definition) is 0. The second kappa shape index (κ2) is 6.51. The van der Waals surface area contributed by atoms with E-state index in [-0.39, 0.29) is 11.7 Å². The molecule has 114 valence electrons. The summed E-state index contributed by atoms with van der Waals surface area (Å²) in [5, 5.41) is 10.5. The molecule has 0 N–H and O–H groups in total. The van der Waals surface area contributed by atoms with Gasteiger partial charge in [-0.25, -0.2) is 0 Å². The fourth-order valence-corrected chi connectivity index (χ4v) is 2.33. The van der Waals surface area contributed by atoms with E-state index in [1.807, 2.05) is 0 Å². The zero-order valence-corrected chi connectivity index (χ0v) is 11.8. The summed E-state index contributed by atoms with van der Waals surface area (Å²) in [5.41, 5.74) is -0.614. The summed E-state index contributed by atoms with van der Waals surface area (Å²) >= 11 is 0. The number of nitro groups is 1. The van der Waals surface area contributed by atoms with Crippen LogP contribution in [-0.2, 0) is 4.79 Å². The number of carbonyl (C=O) groups excluding carboxylic acids is 1. The molecule has 1 amide bonds. The van der Waals surface area contributed by atoms with Crippen molar-refractivity contribution in [3.8, 4) is 5.75 Å². The Hall–Kier alpha value is -2.18. The highest BCUT2D eigenvalue weighted by Gasteiger charge is 2.24. The molecule has 7 heteroatoms. The molecule has 1 aliphatic heterocycles. The highest BCUT2D eigenvalue weighted by Crippen LogP contribution is 2.23. The lowest BCUT2D eigenvalue weighted by atomic mass is 10.1. The van der Waals surface area contributed by atoms with Crippen LogP contribution < -0.4 is 4.74 Å². The molecule has 6 nitrogen and oxygen atoms in total. The molecule has 1 fully saturated rings. The van der Waals surface area contributed by atoms with E-state index in [0.29, 0.717) is 13.1 Å². The third kappa shape index (κ3) is 3.68. The quantitative estimate of drug-likeness (QED) is 0.632. The number of rotatable bonds is 4. The van der Waals surface area contributed by atoms with Gasteiger partial charge < -0.3 is 9.64 Å². The molecule has 1 aromatic carbocycles. The van der Waals surface area contributed by atoms with Gasteiger partial charge in [0.25, 0.3) is 5.91 Å². The van der Waals surface area contributed by atoms with Crippen molar-refractivity contribution in [3.05, 3.63) is 34.1 Å². The van der Waals surface area contributed by atoms with Crippen molar-refractivity contribution >= 4 is 11.6 Å². The number of hydrogen-bond acceptors (Lipinski definition) is 4. The van der Waals surface area contributed by atoms with Crippen LogP contribution in [0.25, 0.3) is 0 Å². The molecule has 1 unspecified atom stereocenters. The molecular weight excluding hydrogens is 279 g/mol. The Bertz CT molecular complexity index is 544. The monoisotopic (exact) mass is 296 g/mol. The first-order valence-corrected chi connectivity index (χ1v) is 6.88. The molecule has 1 heterocycles. The minimum absolute atomic E-state index is 0.107. The molecule has 1 aliphatic rings. The minimum atomic E-state index is -0.977. The molecule has 0 bridgehead atoms. The molecule has 0 aliphatic carbocycles. The summed E-state index contributed by atoms with van der Waals surface area (Å²) in [7, 11) is 0. The molecule has 0 aromatic heterocycles. The Kier molecular flexibility index (Phi) is 4.72. The number of nitro benzene ring substituents is 1. The summed E-state index contributed by atoms with van der Waals surface area (Å²) in [5.74, 6) is -1.01. The summed E-state index contributed by atoms with van der Waals surface area (Å²) in [6, 6.07) is 3.25. The van der Waals surface area contributed by atoms with Crippen LogP contribution >= 0.6 is 0 Å². The van der Waals surface area contributed by atoms with Gasteiger partial charge in [0, 0.05) is 25.2 Å². The fourth-order valence-electron chi connectivity index (χ4n) is 2.33. The molecule has 1 aromatic rings. The van der Waals surface area contributed by atoms with Crippen molar-refractivity contribution < 1.29 is 18.8 Å². The molecule has 1 saturated heterocycles. The highest BCUT2D eigenvalue weighted by atomic mass is 19.1.